The first-order valence-corrected chi connectivity index (χ1v) is 8.67. The van der Waals surface area contributed by atoms with Crippen molar-refractivity contribution < 1.29 is 4.79 Å². The molecule has 2 rings (SSSR count). The van der Waals surface area contributed by atoms with Crippen molar-refractivity contribution in [1.82, 2.24) is 10.2 Å². The van der Waals surface area contributed by atoms with Crippen LogP contribution >= 0.6 is 11.8 Å². The number of thioether (sulfide) groups is 1. The molecule has 0 aliphatic carbocycles. The Bertz CT molecular complexity index is 300. The molecule has 2 aliphatic rings. The molecule has 0 aromatic heterocycles. The van der Waals surface area contributed by atoms with Gasteiger partial charge in [0.05, 0.1) is 5.41 Å². The van der Waals surface area contributed by atoms with E-state index >= 15 is 0 Å². The number of nitrogens with zero attached hydrogens (tertiary/aromatic N) is 1. The summed E-state index contributed by atoms with van der Waals surface area (Å²) in [7, 11) is 0. The molecule has 1 N–H and O–H groups in total. The van der Waals surface area contributed by atoms with Gasteiger partial charge in [-0.3, -0.25) is 4.79 Å². The normalized spacial score (nSPS) is 36.3. The lowest BCUT2D eigenvalue weighted by Crippen LogP contribution is -2.55. The molecule has 4 heteroatoms. The van der Waals surface area contributed by atoms with Gasteiger partial charge in [-0.25, -0.2) is 0 Å². The molecule has 3 atom stereocenters. The monoisotopic (exact) mass is 284 g/mol. The van der Waals surface area contributed by atoms with Crippen LogP contribution in [0.5, 0.6) is 0 Å². The van der Waals surface area contributed by atoms with Gasteiger partial charge in [-0.05, 0) is 25.8 Å². The van der Waals surface area contributed by atoms with Crippen molar-refractivity contribution in [2.75, 3.05) is 26.2 Å². The van der Waals surface area contributed by atoms with Crippen molar-refractivity contribution in [2.45, 2.75) is 57.0 Å². The Hall–Kier alpha value is -0.220. The highest BCUT2D eigenvalue weighted by molar-refractivity contribution is 8.00. The van der Waals surface area contributed by atoms with Gasteiger partial charge in [-0.1, -0.05) is 27.2 Å². The van der Waals surface area contributed by atoms with E-state index < -0.39 is 0 Å². The summed E-state index contributed by atoms with van der Waals surface area (Å²) in [6.07, 6.45) is 4.34. The predicted octanol–water partition coefficient (Wildman–Crippen LogP) is 2.51. The van der Waals surface area contributed by atoms with Crippen molar-refractivity contribution in [3.05, 3.63) is 0 Å². The maximum absolute atomic E-state index is 13.0. The van der Waals surface area contributed by atoms with E-state index in [2.05, 4.69) is 31.0 Å². The van der Waals surface area contributed by atoms with Crippen LogP contribution in [0.2, 0.25) is 0 Å². The van der Waals surface area contributed by atoms with E-state index in [1.165, 1.54) is 0 Å². The van der Waals surface area contributed by atoms with E-state index in [-0.39, 0.29) is 5.41 Å². The van der Waals surface area contributed by atoms with E-state index in [0.29, 0.717) is 16.4 Å². The molecule has 0 saturated carbocycles. The molecule has 2 aliphatic heterocycles. The first kappa shape index (κ1) is 15.2. The maximum atomic E-state index is 13.0. The summed E-state index contributed by atoms with van der Waals surface area (Å²) in [6, 6.07) is 0. The summed E-state index contributed by atoms with van der Waals surface area (Å²) in [5.41, 5.74) is -0.117. The zero-order chi connectivity index (χ0) is 13.9. The van der Waals surface area contributed by atoms with Crippen LogP contribution in [0.4, 0.5) is 0 Å². The summed E-state index contributed by atoms with van der Waals surface area (Å²) < 4.78 is 0. The summed E-state index contributed by atoms with van der Waals surface area (Å²) in [5, 5.41) is 4.59. The van der Waals surface area contributed by atoms with E-state index in [1.54, 1.807) is 0 Å². The molecule has 0 aromatic carbocycles. The molecule has 0 radical (unpaired) electrons. The highest BCUT2D eigenvalue weighted by atomic mass is 32.2. The molecule has 0 aromatic rings. The Morgan fingerprint density at radius 2 is 2.05 bits per heavy atom. The summed E-state index contributed by atoms with van der Waals surface area (Å²) in [4.78, 5) is 15.2. The van der Waals surface area contributed by atoms with E-state index in [0.717, 1.165) is 51.9 Å². The SMILES string of the molecule is CCCC1(C(=O)N2CC(C)SC(C)C2)CCCNC1. The predicted molar refractivity (Wildman–Crippen MR) is 82.5 cm³/mol. The Labute approximate surface area is 121 Å². The van der Waals surface area contributed by atoms with E-state index in [4.69, 9.17) is 0 Å². The highest BCUT2D eigenvalue weighted by Crippen LogP contribution is 2.36. The van der Waals surface area contributed by atoms with Crippen LogP contribution in [0.1, 0.15) is 46.5 Å². The molecular weight excluding hydrogens is 256 g/mol. The minimum atomic E-state index is -0.117. The zero-order valence-electron chi connectivity index (χ0n) is 12.6. The van der Waals surface area contributed by atoms with Gasteiger partial charge in [0.1, 0.15) is 0 Å². The van der Waals surface area contributed by atoms with Crippen molar-refractivity contribution in [3.8, 4) is 0 Å². The van der Waals surface area contributed by atoms with Gasteiger partial charge in [-0.15, -0.1) is 0 Å². The van der Waals surface area contributed by atoms with Crippen LogP contribution < -0.4 is 5.32 Å². The average Bonchev–Trinajstić information content (AvgIpc) is 2.38. The number of nitrogens with one attached hydrogen (secondary N) is 1. The minimum Gasteiger partial charge on any atom is -0.340 e. The first-order valence-electron chi connectivity index (χ1n) is 7.73. The number of hydrogen-bond acceptors (Lipinski definition) is 3. The second-order valence-electron chi connectivity index (χ2n) is 6.28. The highest BCUT2D eigenvalue weighted by Gasteiger charge is 2.42. The van der Waals surface area contributed by atoms with Gasteiger partial charge in [0.2, 0.25) is 5.91 Å². The minimum absolute atomic E-state index is 0.117. The van der Waals surface area contributed by atoms with Crippen molar-refractivity contribution in [3.63, 3.8) is 0 Å². The van der Waals surface area contributed by atoms with E-state index in [9.17, 15) is 4.79 Å². The Morgan fingerprint density at radius 1 is 1.37 bits per heavy atom. The zero-order valence-corrected chi connectivity index (χ0v) is 13.4. The number of rotatable bonds is 3. The Balaban J connectivity index is 2.10. The van der Waals surface area contributed by atoms with Gasteiger partial charge in [-0.2, -0.15) is 11.8 Å². The van der Waals surface area contributed by atoms with Gasteiger partial charge in [0.25, 0.3) is 0 Å². The molecule has 19 heavy (non-hydrogen) atoms. The lowest BCUT2D eigenvalue weighted by molar-refractivity contribution is -0.144. The molecule has 3 nitrogen and oxygen atoms in total. The Kier molecular flexibility index (Phi) is 5.18. The second kappa shape index (κ2) is 6.49. The fourth-order valence-electron chi connectivity index (χ4n) is 3.63. The molecule has 1 amide bonds. The summed E-state index contributed by atoms with van der Waals surface area (Å²) in [5.74, 6) is 0.417. The van der Waals surface area contributed by atoms with Crippen molar-refractivity contribution >= 4 is 17.7 Å². The lowest BCUT2D eigenvalue weighted by Gasteiger charge is -2.43. The number of piperidine rings is 1. The molecule has 3 unspecified atom stereocenters. The van der Waals surface area contributed by atoms with Crippen LogP contribution in [-0.2, 0) is 4.79 Å². The fraction of sp³-hybridized carbons (Fsp3) is 0.933. The summed E-state index contributed by atoms with van der Waals surface area (Å²) in [6.45, 7) is 10.5. The third-order valence-electron chi connectivity index (χ3n) is 4.36. The van der Waals surface area contributed by atoms with Gasteiger partial charge < -0.3 is 10.2 Å². The molecule has 2 saturated heterocycles. The Morgan fingerprint density at radius 3 is 2.58 bits per heavy atom. The number of carbonyl (C=O) groups is 1. The van der Waals surface area contributed by atoms with Crippen LogP contribution in [0.25, 0.3) is 0 Å². The lowest BCUT2D eigenvalue weighted by atomic mass is 9.75. The van der Waals surface area contributed by atoms with E-state index in [1.807, 2.05) is 11.8 Å². The molecule has 2 heterocycles. The van der Waals surface area contributed by atoms with Gasteiger partial charge >= 0.3 is 0 Å². The fourth-order valence-corrected chi connectivity index (χ4v) is 4.95. The number of carbonyl (C=O) groups excluding carboxylic acids is 1. The summed E-state index contributed by atoms with van der Waals surface area (Å²) >= 11 is 2.01. The first-order chi connectivity index (χ1) is 9.07. The van der Waals surface area contributed by atoms with Gasteiger partial charge in [0.15, 0.2) is 0 Å². The average molecular weight is 284 g/mol. The second-order valence-corrected chi connectivity index (χ2v) is 8.16. The van der Waals surface area contributed by atoms with Crippen LogP contribution in [0, 0.1) is 5.41 Å². The van der Waals surface area contributed by atoms with Crippen LogP contribution in [-0.4, -0.2) is 47.5 Å². The molecule has 0 spiro atoms. The smallest absolute Gasteiger partial charge is 0.230 e. The van der Waals surface area contributed by atoms with Crippen molar-refractivity contribution in [1.29, 1.82) is 0 Å². The number of hydrogen-bond donors (Lipinski definition) is 1. The quantitative estimate of drug-likeness (QED) is 0.864. The standard InChI is InChI=1S/C15H28N2OS/c1-4-6-15(7-5-8-16-11-15)14(18)17-9-12(2)19-13(3)10-17/h12-13,16H,4-11H2,1-3H3. The van der Waals surface area contributed by atoms with Crippen LogP contribution in [0.15, 0.2) is 0 Å². The largest absolute Gasteiger partial charge is 0.340 e. The van der Waals surface area contributed by atoms with Crippen LogP contribution in [0.3, 0.4) is 0 Å². The third kappa shape index (κ3) is 3.46. The van der Waals surface area contributed by atoms with Crippen molar-refractivity contribution in [2.24, 2.45) is 5.41 Å². The third-order valence-corrected chi connectivity index (χ3v) is 5.59. The number of amides is 1. The molecule has 2 fully saturated rings. The molecular formula is C15H28N2OS. The topological polar surface area (TPSA) is 32.3 Å². The molecule has 0 bridgehead atoms. The van der Waals surface area contributed by atoms with Gasteiger partial charge in [0, 0.05) is 30.1 Å². The molecule has 110 valence electrons. The maximum Gasteiger partial charge on any atom is 0.230 e.